The highest BCUT2D eigenvalue weighted by molar-refractivity contribution is 5.95. The number of rotatable bonds is 2. The number of hydrogen-bond donors (Lipinski definition) is 1. The molecule has 0 heterocycles. The fourth-order valence-corrected chi connectivity index (χ4v) is 5.22. The van der Waals surface area contributed by atoms with Gasteiger partial charge < -0.3 is 5.32 Å². The summed E-state index contributed by atoms with van der Waals surface area (Å²) in [5.41, 5.74) is 1.93. The van der Waals surface area contributed by atoms with Crippen molar-refractivity contribution in [2.45, 2.75) is 45.1 Å². The molecular weight excluding hydrogens is 246 g/mol. The number of nitrogens with one attached hydrogen (secondary N) is 1. The van der Waals surface area contributed by atoms with Gasteiger partial charge in [0.05, 0.1) is 0 Å². The Hall–Kier alpha value is -1.31. The van der Waals surface area contributed by atoms with E-state index >= 15 is 0 Å². The Labute approximate surface area is 121 Å². The lowest BCUT2D eigenvalue weighted by Gasteiger charge is -2.54. The molecule has 1 amide bonds. The minimum absolute atomic E-state index is 0.139. The Morgan fingerprint density at radius 2 is 1.60 bits per heavy atom. The first kappa shape index (κ1) is 12.4. The van der Waals surface area contributed by atoms with Crippen LogP contribution in [0.5, 0.6) is 0 Å². The van der Waals surface area contributed by atoms with Crippen molar-refractivity contribution in [3.63, 3.8) is 0 Å². The lowest BCUT2D eigenvalue weighted by atomic mass is 9.54. The molecule has 4 saturated carbocycles. The van der Waals surface area contributed by atoms with E-state index in [4.69, 9.17) is 0 Å². The molecule has 0 spiro atoms. The molecule has 1 N–H and O–H groups in total. The third kappa shape index (κ3) is 1.97. The quantitative estimate of drug-likeness (QED) is 0.874. The van der Waals surface area contributed by atoms with Crippen molar-refractivity contribution >= 4 is 5.91 Å². The Morgan fingerprint density at radius 1 is 1.00 bits per heavy atom. The normalized spacial score (nSPS) is 38.0. The van der Waals surface area contributed by atoms with Gasteiger partial charge in [0.1, 0.15) is 0 Å². The van der Waals surface area contributed by atoms with E-state index in [-0.39, 0.29) is 5.91 Å². The second-order valence-electron chi connectivity index (χ2n) is 7.24. The maximum Gasteiger partial charge on any atom is 0.251 e. The minimum Gasteiger partial charge on any atom is -0.349 e. The van der Waals surface area contributed by atoms with Crippen LogP contribution in [0.15, 0.2) is 24.3 Å². The predicted molar refractivity (Wildman–Crippen MR) is 79.5 cm³/mol. The van der Waals surface area contributed by atoms with Gasteiger partial charge in [-0.2, -0.15) is 0 Å². The van der Waals surface area contributed by atoms with E-state index in [1.807, 2.05) is 31.2 Å². The molecular formula is C18H23NO. The monoisotopic (exact) mass is 269 g/mol. The molecule has 0 saturated heterocycles. The first-order chi connectivity index (χ1) is 9.70. The number of carbonyl (C=O) groups is 1. The van der Waals surface area contributed by atoms with Gasteiger partial charge in [0.15, 0.2) is 0 Å². The Balaban J connectivity index is 1.52. The number of amides is 1. The summed E-state index contributed by atoms with van der Waals surface area (Å²) in [6.07, 6.45) is 6.88. The van der Waals surface area contributed by atoms with Crippen LogP contribution in [0.25, 0.3) is 0 Å². The van der Waals surface area contributed by atoms with E-state index in [9.17, 15) is 4.79 Å². The van der Waals surface area contributed by atoms with E-state index < -0.39 is 0 Å². The van der Waals surface area contributed by atoms with Gasteiger partial charge in [-0.1, -0.05) is 18.2 Å². The minimum atomic E-state index is 0.139. The Kier molecular flexibility index (Phi) is 2.87. The molecule has 4 fully saturated rings. The van der Waals surface area contributed by atoms with Crippen LogP contribution in [-0.4, -0.2) is 11.9 Å². The second-order valence-corrected chi connectivity index (χ2v) is 7.24. The van der Waals surface area contributed by atoms with Gasteiger partial charge in [-0.05, 0) is 74.3 Å². The fourth-order valence-electron chi connectivity index (χ4n) is 5.22. The van der Waals surface area contributed by atoms with E-state index in [0.29, 0.717) is 6.04 Å². The maximum atomic E-state index is 12.5. The van der Waals surface area contributed by atoms with Gasteiger partial charge in [0.25, 0.3) is 5.91 Å². The van der Waals surface area contributed by atoms with Crippen LogP contribution in [0.4, 0.5) is 0 Å². The van der Waals surface area contributed by atoms with Crippen molar-refractivity contribution in [3.8, 4) is 0 Å². The SMILES string of the molecule is Cc1ccccc1C(=O)NC1C2CC3CC(C2)CC1C3. The summed E-state index contributed by atoms with van der Waals surface area (Å²) in [6, 6.07) is 8.36. The summed E-state index contributed by atoms with van der Waals surface area (Å²) in [7, 11) is 0. The standard InChI is InChI=1S/C18H23NO/c1-11-4-2-3-5-16(11)18(20)19-17-14-7-12-6-13(9-14)10-15(17)8-12/h2-5,12-15,17H,6-10H2,1H3,(H,19,20). The summed E-state index contributed by atoms with van der Waals surface area (Å²) in [5.74, 6) is 3.56. The molecule has 0 aromatic heterocycles. The summed E-state index contributed by atoms with van der Waals surface area (Å²) in [4.78, 5) is 12.5. The van der Waals surface area contributed by atoms with Crippen LogP contribution in [0, 0.1) is 30.6 Å². The summed E-state index contributed by atoms with van der Waals surface area (Å²) in [5, 5.41) is 3.38. The molecule has 2 heteroatoms. The molecule has 106 valence electrons. The summed E-state index contributed by atoms with van der Waals surface area (Å²) >= 11 is 0. The smallest absolute Gasteiger partial charge is 0.251 e. The number of carbonyl (C=O) groups excluding carboxylic acids is 1. The van der Waals surface area contributed by atoms with Gasteiger partial charge in [0, 0.05) is 11.6 Å². The van der Waals surface area contributed by atoms with Gasteiger partial charge >= 0.3 is 0 Å². The first-order valence-corrected chi connectivity index (χ1v) is 8.07. The largest absolute Gasteiger partial charge is 0.349 e. The van der Waals surface area contributed by atoms with Crippen LogP contribution in [0.2, 0.25) is 0 Å². The second kappa shape index (κ2) is 4.61. The molecule has 5 rings (SSSR count). The molecule has 1 aromatic carbocycles. The van der Waals surface area contributed by atoms with Crippen LogP contribution in [0.3, 0.4) is 0 Å². The van der Waals surface area contributed by atoms with Crippen molar-refractivity contribution in [1.29, 1.82) is 0 Å². The topological polar surface area (TPSA) is 29.1 Å². The van der Waals surface area contributed by atoms with E-state index in [1.165, 1.54) is 32.1 Å². The van der Waals surface area contributed by atoms with E-state index in [2.05, 4.69) is 5.32 Å². The molecule has 20 heavy (non-hydrogen) atoms. The number of aryl methyl sites for hydroxylation is 1. The molecule has 0 radical (unpaired) electrons. The molecule has 0 unspecified atom stereocenters. The molecule has 1 aromatic rings. The highest BCUT2D eigenvalue weighted by Crippen LogP contribution is 2.53. The predicted octanol–water partition coefficient (Wildman–Crippen LogP) is 3.55. The highest BCUT2D eigenvalue weighted by Gasteiger charge is 2.48. The Morgan fingerprint density at radius 3 is 2.20 bits per heavy atom. The average molecular weight is 269 g/mol. The maximum absolute atomic E-state index is 12.5. The first-order valence-electron chi connectivity index (χ1n) is 8.07. The van der Waals surface area contributed by atoms with Crippen molar-refractivity contribution in [3.05, 3.63) is 35.4 Å². The molecule has 0 aliphatic heterocycles. The number of hydrogen-bond acceptors (Lipinski definition) is 1. The zero-order valence-electron chi connectivity index (χ0n) is 12.1. The van der Waals surface area contributed by atoms with Crippen molar-refractivity contribution < 1.29 is 4.79 Å². The molecule has 4 bridgehead atoms. The molecule has 0 atom stereocenters. The van der Waals surface area contributed by atoms with Crippen molar-refractivity contribution in [2.75, 3.05) is 0 Å². The summed E-state index contributed by atoms with van der Waals surface area (Å²) < 4.78 is 0. The van der Waals surface area contributed by atoms with Gasteiger partial charge in [0.2, 0.25) is 0 Å². The van der Waals surface area contributed by atoms with Crippen LogP contribution >= 0.6 is 0 Å². The zero-order valence-corrected chi connectivity index (χ0v) is 12.1. The fraction of sp³-hybridized carbons (Fsp3) is 0.611. The van der Waals surface area contributed by atoms with Crippen LogP contribution in [0.1, 0.15) is 48.0 Å². The average Bonchev–Trinajstić information content (AvgIpc) is 2.42. The third-order valence-corrected chi connectivity index (χ3v) is 5.91. The molecule has 4 aliphatic rings. The zero-order chi connectivity index (χ0) is 13.7. The number of benzene rings is 1. The molecule has 4 aliphatic carbocycles. The van der Waals surface area contributed by atoms with Crippen molar-refractivity contribution in [1.82, 2.24) is 5.32 Å². The molecule has 2 nitrogen and oxygen atoms in total. The lowest BCUT2D eigenvalue weighted by molar-refractivity contribution is -0.0119. The van der Waals surface area contributed by atoms with Gasteiger partial charge in [-0.3, -0.25) is 4.79 Å². The lowest BCUT2D eigenvalue weighted by Crippen LogP contribution is -2.55. The van der Waals surface area contributed by atoms with Crippen LogP contribution in [-0.2, 0) is 0 Å². The van der Waals surface area contributed by atoms with Crippen LogP contribution < -0.4 is 5.32 Å². The van der Waals surface area contributed by atoms with Gasteiger partial charge in [-0.15, -0.1) is 0 Å². The van der Waals surface area contributed by atoms with Crippen molar-refractivity contribution in [2.24, 2.45) is 23.7 Å². The van der Waals surface area contributed by atoms with E-state index in [1.54, 1.807) is 0 Å². The Bertz CT molecular complexity index is 508. The third-order valence-electron chi connectivity index (χ3n) is 5.91. The highest BCUT2D eigenvalue weighted by atomic mass is 16.1. The summed E-state index contributed by atoms with van der Waals surface area (Å²) in [6.45, 7) is 2.02. The van der Waals surface area contributed by atoms with E-state index in [0.717, 1.165) is 34.8 Å². The van der Waals surface area contributed by atoms with Gasteiger partial charge in [-0.25, -0.2) is 0 Å².